The van der Waals surface area contributed by atoms with Crippen molar-refractivity contribution in [2.45, 2.75) is 38.6 Å². The summed E-state index contributed by atoms with van der Waals surface area (Å²) in [6, 6.07) is 3.20. The summed E-state index contributed by atoms with van der Waals surface area (Å²) >= 11 is 0. The number of piperidine rings is 2. The summed E-state index contributed by atoms with van der Waals surface area (Å²) in [5.41, 5.74) is 1.50. The van der Waals surface area contributed by atoms with E-state index < -0.39 is 5.82 Å². The minimum absolute atomic E-state index is 0.137. The van der Waals surface area contributed by atoms with Crippen molar-refractivity contribution in [3.05, 3.63) is 47.2 Å². The third kappa shape index (κ3) is 4.57. The molecule has 1 aromatic heterocycles. The van der Waals surface area contributed by atoms with Crippen LogP contribution >= 0.6 is 0 Å². The number of halogens is 1. The standard InChI is InChI=1S/C26H30FN5O3/c1-18(35)22-11-23(27)24(10-19(22)14-33)30-6-2-21(3-7-30)32-16-26(17-32)4-8-31(9-5-26)25-13-28-20(15-34)12-29-25/h10-15,21H,2-9,16-17H2,1H3. The molecule has 0 saturated carbocycles. The molecule has 3 fully saturated rings. The SMILES string of the molecule is CC(=O)c1cc(F)c(N2CCC(N3CC4(CCN(c5cnc(C=O)cn5)CC4)C3)CC2)cc1C=O. The number of aldehydes is 2. The molecule has 5 rings (SSSR count). The molecular weight excluding hydrogens is 449 g/mol. The zero-order valence-electron chi connectivity index (χ0n) is 20.0. The Hall–Kier alpha value is -3.20. The van der Waals surface area contributed by atoms with E-state index in [4.69, 9.17) is 0 Å². The quantitative estimate of drug-likeness (QED) is 0.462. The molecule has 1 aromatic carbocycles. The monoisotopic (exact) mass is 479 g/mol. The van der Waals surface area contributed by atoms with Crippen LogP contribution in [0.3, 0.4) is 0 Å². The van der Waals surface area contributed by atoms with Gasteiger partial charge in [-0.2, -0.15) is 0 Å². The topological polar surface area (TPSA) is 86.7 Å². The van der Waals surface area contributed by atoms with Crippen LogP contribution < -0.4 is 9.80 Å². The molecule has 35 heavy (non-hydrogen) atoms. The number of carbonyl (C=O) groups excluding carboxylic acids is 3. The van der Waals surface area contributed by atoms with E-state index in [0.29, 0.717) is 35.4 Å². The largest absolute Gasteiger partial charge is 0.369 e. The van der Waals surface area contributed by atoms with Gasteiger partial charge in [0.25, 0.3) is 0 Å². The third-order valence-electron chi connectivity index (χ3n) is 7.95. The van der Waals surface area contributed by atoms with Gasteiger partial charge in [-0.1, -0.05) is 0 Å². The maximum absolute atomic E-state index is 14.7. The Morgan fingerprint density at radius 2 is 1.71 bits per heavy atom. The molecule has 0 bridgehead atoms. The first-order valence-corrected chi connectivity index (χ1v) is 12.2. The number of anilines is 2. The number of hydrogen-bond donors (Lipinski definition) is 0. The number of ketones is 1. The highest BCUT2D eigenvalue weighted by atomic mass is 19.1. The first-order chi connectivity index (χ1) is 16.9. The zero-order chi connectivity index (χ0) is 24.6. The molecule has 3 saturated heterocycles. The highest BCUT2D eigenvalue weighted by Crippen LogP contribution is 2.43. The van der Waals surface area contributed by atoms with Crippen LogP contribution in [0, 0.1) is 11.2 Å². The van der Waals surface area contributed by atoms with Gasteiger partial charge in [0.05, 0.1) is 18.1 Å². The Morgan fingerprint density at radius 3 is 2.29 bits per heavy atom. The van der Waals surface area contributed by atoms with Crippen LogP contribution in [0.25, 0.3) is 0 Å². The van der Waals surface area contributed by atoms with E-state index in [9.17, 15) is 18.8 Å². The summed E-state index contributed by atoms with van der Waals surface area (Å²) in [6.45, 7) is 6.87. The molecule has 8 nitrogen and oxygen atoms in total. The zero-order valence-corrected chi connectivity index (χ0v) is 20.0. The van der Waals surface area contributed by atoms with Crippen molar-refractivity contribution in [3.63, 3.8) is 0 Å². The molecule has 4 heterocycles. The summed E-state index contributed by atoms with van der Waals surface area (Å²) < 4.78 is 14.7. The Morgan fingerprint density at radius 1 is 1.00 bits per heavy atom. The molecule has 2 aromatic rings. The predicted octanol–water partition coefficient (Wildman–Crippen LogP) is 3.01. The second-order valence-corrected chi connectivity index (χ2v) is 10.1. The van der Waals surface area contributed by atoms with E-state index >= 15 is 0 Å². The molecule has 0 amide bonds. The number of Topliss-reactive ketones (excluding diaryl/α,β-unsaturated/α-hetero) is 1. The van der Waals surface area contributed by atoms with Gasteiger partial charge < -0.3 is 9.80 Å². The predicted molar refractivity (Wildman–Crippen MR) is 130 cm³/mol. The van der Waals surface area contributed by atoms with Gasteiger partial charge >= 0.3 is 0 Å². The molecule has 9 heteroatoms. The van der Waals surface area contributed by atoms with Crippen molar-refractivity contribution >= 4 is 29.9 Å². The molecule has 1 spiro atoms. The number of rotatable bonds is 6. The lowest BCUT2D eigenvalue weighted by atomic mass is 9.71. The molecule has 184 valence electrons. The van der Waals surface area contributed by atoms with E-state index in [-0.39, 0.29) is 16.9 Å². The van der Waals surface area contributed by atoms with Gasteiger partial charge in [-0.05, 0) is 50.2 Å². The van der Waals surface area contributed by atoms with Crippen molar-refractivity contribution in [3.8, 4) is 0 Å². The second-order valence-electron chi connectivity index (χ2n) is 10.1. The maximum Gasteiger partial charge on any atom is 0.170 e. The molecule has 3 aliphatic heterocycles. The number of likely N-dealkylation sites (tertiary alicyclic amines) is 1. The lowest BCUT2D eigenvalue weighted by molar-refractivity contribution is -0.0524. The van der Waals surface area contributed by atoms with E-state index in [1.54, 1.807) is 6.20 Å². The van der Waals surface area contributed by atoms with Crippen LogP contribution in [-0.2, 0) is 0 Å². The lowest BCUT2D eigenvalue weighted by Gasteiger charge is -2.57. The fourth-order valence-electron chi connectivity index (χ4n) is 5.85. The highest BCUT2D eigenvalue weighted by molar-refractivity contribution is 6.02. The molecule has 0 aliphatic carbocycles. The Bertz CT molecular complexity index is 1110. The summed E-state index contributed by atoms with van der Waals surface area (Å²) in [5, 5.41) is 0. The highest BCUT2D eigenvalue weighted by Gasteiger charge is 2.47. The molecule has 0 radical (unpaired) electrons. The average molecular weight is 480 g/mol. The van der Waals surface area contributed by atoms with Crippen LogP contribution in [0.4, 0.5) is 15.9 Å². The van der Waals surface area contributed by atoms with Crippen molar-refractivity contribution in [1.82, 2.24) is 14.9 Å². The number of benzene rings is 1. The fourth-order valence-corrected chi connectivity index (χ4v) is 5.85. The van der Waals surface area contributed by atoms with E-state index in [2.05, 4.69) is 19.8 Å². The van der Waals surface area contributed by atoms with Crippen molar-refractivity contribution in [2.75, 3.05) is 49.1 Å². The van der Waals surface area contributed by atoms with E-state index in [1.807, 2.05) is 4.90 Å². The molecule has 0 atom stereocenters. The van der Waals surface area contributed by atoms with Crippen molar-refractivity contribution < 1.29 is 18.8 Å². The van der Waals surface area contributed by atoms with Gasteiger partial charge in [0.1, 0.15) is 17.3 Å². The van der Waals surface area contributed by atoms with Gasteiger partial charge in [-0.25, -0.2) is 14.4 Å². The molecular formula is C26H30FN5O3. The third-order valence-corrected chi connectivity index (χ3v) is 7.95. The Balaban J connectivity index is 1.13. The number of nitrogens with zero attached hydrogens (tertiary/aromatic N) is 5. The first-order valence-electron chi connectivity index (χ1n) is 12.2. The average Bonchev–Trinajstić information content (AvgIpc) is 2.87. The summed E-state index contributed by atoms with van der Waals surface area (Å²) in [4.78, 5) is 49.2. The summed E-state index contributed by atoms with van der Waals surface area (Å²) in [7, 11) is 0. The fraction of sp³-hybridized carbons (Fsp3) is 0.500. The first kappa shape index (κ1) is 23.5. The lowest BCUT2D eigenvalue weighted by Crippen LogP contribution is -2.64. The maximum atomic E-state index is 14.7. The number of hydrogen-bond acceptors (Lipinski definition) is 8. The smallest absolute Gasteiger partial charge is 0.170 e. The van der Waals surface area contributed by atoms with E-state index in [1.165, 1.54) is 25.3 Å². The second kappa shape index (κ2) is 9.45. The van der Waals surface area contributed by atoms with Crippen LogP contribution in [0.5, 0.6) is 0 Å². The normalized spacial score (nSPS) is 20.5. The Kier molecular flexibility index (Phi) is 6.35. The minimum Gasteiger partial charge on any atom is -0.369 e. The summed E-state index contributed by atoms with van der Waals surface area (Å²) in [5.74, 6) is 0.0762. The van der Waals surface area contributed by atoms with Gasteiger partial charge in [0.2, 0.25) is 0 Å². The summed E-state index contributed by atoms with van der Waals surface area (Å²) in [6.07, 6.45) is 8.66. The van der Waals surface area contributed by atoms with Crippen LogP contribution in [0.2, 0.25) is 0 Å². The van der Waals surface area contributed by atoms with Crippen LogP contribution in [0.15, 0.2) is 24.5 Å². The van der Waals surface area contributed by atoms with Crippen LogP contribution in [-0.4, -0.2) is 78.5 Å². The van der Waals surface area contributed by atoms with Gasteiger partial charge in [-0.3, -0.25) is 19.3 Å². The number of carbonyl (C=O) groups is 3. The van der Waals surface area contributed by atoms with Crippen LogP contribution in [0.1, 0.15) is 63.8 Å². The van der Waals surface area contributed by atoms with Crippen molar-refractivity contribution in [2.24, 2.45) is 5.41 Å². The van der Waals surface area contributed by atoms with Gasteiger partial charge in [-0.15, -0.1) is 0 Å². The molecule has 3 aliphatic rings. The van der Waals surface area contributed by atoms with Gasteiger partial charge in [0, 0.05) is 56.4 Å². The minimum atomic E-state index is -0.445. The van der Waals surface area contributed by atoms with E-state index in [0.717, 1.165) is 70.8 Å². The molecule has 0 N–H and O–H groups in total. The number of aromatic nitrogens is 2. The van der Waals surface area contributed by atoms with Crippen molar-refractivity contribution in [1.29, 1.82) is 0 Å². The Labute approximate surface area is 204 Å². The van der Waals surface area contributed by atoms with Gasteiger partial charge in [0.15, 0.2) is 18.4 Å². The molecule has 0 unspecified atom stereocenters.